The Morgan fingerprint density at radius 3 is 2.29 bits per heavy atom. The molecule has 1 aliphatic heterocycles. The van der Waals surface area contributed by atoms with E-state index in [9.17, 15) is 13.2 Å². The van der Waals surface area contributed by atoms with Crippen LogP contribution in [0.5, 0.6) is 5.75 Å². The third kappa shape index (κ3) is 4.86. The summed E-state index contributed by atoms with van der Waals surface area (Å²) < 4.78 is 33.4. The molecule has 5 rings (SSSR count). The van der Waals surface area contributed by atoms with E-state index in [0.717, 1.165) is 43.4 Å². The number of carbonyl (C=O) groups excluding carboxylic acids is 1. The highest BCUT2D eigenvalue weighted by Gasteiger charge is 2.38. The Morgan fingerprint density at radius 1 is 0.971 bits per heavy atom. The fourth-order valence-corrected chi connectivity index (χ4v) is 6.82. The highest BCUT2D eigenvalue weighted by molar-refractivity contribution is 7.89. The maximum Gasteiger partial charge on any atom is 0.243 e. The predicted molar refractivity (Wildman–Crippen MR) is 131 cm³/mol. The van der Waals surface area contributed by atoms with Crippen molar-refractivity contribution in [1.82, 2.24) is 9.21 Å². The smallest absolute Gasteiger partial charge is 0.243 e. The normalized spacial score (nSPS) is 19.4. The summed E-state index contributed by atoms with van der Waals surface area (Å²) in [4.78, 5) is 15.8. The first-order chi connectivity index (χ1) is 16.5. The highest BCUT2D eigenvalue weighted by Crippen LogP contribution is 2.33. The van der Waals surface area contributed by atoms with Gasteiger partial charge in [-0.3, -0.25) is 4.79 Å². The quantitative estimate of drug-likeness (QED) is 0.594. The molecule has 0 radical (unpaired) electrons. The van der Waals surface area contributed by atoms with Crippen molar-refractivity contribution >= 4 is 15.9 Å². The summed E-state index contributed by atoms with van der Waals surface area (Å²) in [5.41, 5.74) is 3.55. The van der Waals surface area contributed by atoms with Gasteiger partial charge in [-0.1, -0.05) is 18.2 Å². The lowest BCUT2D eigenvalue weighted by molar-refractivity contribution is -0.138. The Kier molecular flexibility index (Phi) is 6.67. The molecule has 182 valence electrons. The van der Waals surface area contributed by atoms with E-state index in [1.165, 1.54) is 17.5 Å². The third-order valence-electron chi connectivity index (χ3n) is 7.54. The number of sulfonamides is 1. The molecule has 2 aromatic carbocycles. The van der Waals surface area contributed by atoms with Crippen LogP contribution in [-0.4, -0.2) is 49.8 Å². The Morgan fingerprint density at radius 2 is 1.65 bits per heavy atom. The number of methoxy groups -OCH3 is 1. The molecule has 2 fully saturated rings. The van der Waals surface area contributed by atoms with Crippen molar-refractivity contribution in [3.8, 4) is 5.75 Å². The van der Waals surface area contributed by atoms with Gasteiger partial charge in [0.15, 0.2) is 0 Å². The van der Waals surface area contributed by atoms with E-state index in [2.05, 4.69) is 0 Å². The van der Waals surface area contributed by atoms with E-state index >= 15 is 0 Å². The zero-order chi connectivity index (χ0) is 23.7. The van der Waals surface area contributed by atoms with Crippen LogP contribution >= 0.6 is 0 Å². The standard InChI is InChI=1S/C27H34N2O4S/c1-33-25-11-6-20(7-12-25)19-29(24-9-10-24)27(30)22-14-16-28(17-15-22)34(31,32)26-13-8-21-4-2-3-5-23(21)18-26/h6-8,11-13,18,22,24H,2-5,9-10,14-17,19H2,1H3. The number of carbonyl (C=O) groups is 1. The van der Waals surface area contributed by atoms with Crippen molar-refractivity contribution in [2.45, 2.75) is 68.8 Å². The molecule has 0 N–H and O–H groups in total. The number of nitrogens with zero attached hydrogens (tertiary/aromatic N) is 2. The first-order valence-corrected chi connectivity index (χ1v) is 13.9. The highest BCUT2D eigenvalue weighted by atomic mass is 32.2. The van der Waals surface area contributed by atoms with Crippen molar-refractivity contribution in [3.63, 3.8) is 0 Å². The maximum absolute atomic E-state index is 13.4. The molecule has 1 amide bonds. The molecule has 6 nitrogen and oxygen atoms in total. The second kappa shape index (κ2) is 9.70. The molecule has 0 spiro atoms. The second-order valence-electron chi connectivity index (χ2n) is 9.86. The number of hydrogen-bond donors (Lipinski definition) is 0. The molecule has 0 atom stereocenters. The van der Waals surface area contributed by atoms with E-state index in [1.54, 1.807) is 17.5 Å². The summed E-state index contributed by atoms with van der Waals surface area (Å²) in [6, 6.07) is 13.8. The average molecular weight is 483 g/mol. The summed E-state index contributed by atoms with van der Waals surface area (Å²) in [5, 5.41) is 0. The third-order valence-corrected chi connectivity index (χ3v) is 9.44. The Labute approximate surface area is 203 Å². The van der Waals surface area contributed by atoms with Gasteiger partial charge in [-0.05, 0) is 92.3 Å². The molecule has 1 heterocycles. The van der Waals surface area contributed by atoms with Crippen molar-refractivity contribution in [1.29, 1.82) is 0 Å². The molecule has 2 aliphatic carbocycles. The number of hydrogen-bond acceptors (Lipinski definition) is 4. The number of piperidine rings is 1. The molecular weight excluding hydrogens is 448 g/mol. The van der Waals surface area contributed by atoms with Gasteiger partial charge in [0.25, 0.3) is 0 Å². The van der Waals surface area contributed by atoms with Crippen LogP contribution in [0.3, 0.4) is 0 Å². The number of fused-ring (bicyclic) bond motifs is 1. The van der Waals surface area contributed by atoms with Crippen molar-refractivity contribution < 1.29 is 17.9 Å². The van der Waals surface area contributed by atoms with E-state index < -0.39 is 10.0 Å². The minimum atomic E-state index is -3.53. The van der Waals surface area contributed by atoms with E-state index in [4.69, 9.17) is 4.74 Å². The molecule has 0 unspecified atom stereocenters. The van der Waals surface area contributed by atoms with Crippen molar-refractivity contribution in [2.24, 2.45) is 5.92 Å². The van der Waals surface area contributed by atoms with E-state index in [-0.39, 0.29) is 11.8 Å². The van der Waals surface area contributed by atoms with Gasteiger partial charge in [0.1, 0.15) is 5.75 Å². The summed E-state index contributed by atoms with van der Waals surface area (Å²) in [6.45, 7) is 1.40. The Hall–Kier alpha value is -2.38. The van der Waals surface area contributed by atoms with Gasteiger partial charge in [-0.2, -0.15) is 4.31 Å². The van der Waals surface area contributed by atoms with Crippen LogP contribution in [0.25, 0.3) is 0 Å². The molecule has 0 bridgehead atoms. The Bertz CT molecular complexity index is 1130. The minimum absolute atomic E-state index is 0.117. The first-order valence-electron chi connectivity index (χ1n) is 12.5. The summed E-state index contributed by atoms with van der Waals surface area (Å²) in [6.07, 6.45) is 7.55. The lowest BCUT2D eigenvalue weighted by atomic mass is 9.92. The molecule has 3 aliphatic rings. The van der Waals surface area contributed by atoms with Gasteiger partial charge in [-0.25, -0.2) is 8.42 Å². The van der Waals surface area contributed by atoms with Gasteiger partial charge < -0.3 is 9.64 Å². The fraction of sp³-hybridized carbons (Fsp3) is 0.519. The maximum atomic E-state index is 13.4. The number of benzene rings is 2. The van der Waals surface area contributed by atoms with Gasteiger partial charge in [0.05, 0.1) is 12.0 Å². The van der Waals surface area contributed by atoms with Crippen molar-refractivity contribution in [3.05, 3.63) is 59.2 Å². The van der Waals surface area contributed by atoms with E-state index in [1.807, 2.05) is 41.3 Å². The molecule has 1 saturated heterocycles. The molecular formula is C27H34N2O4S. The van der Waals surface area contributed by atoms with E-state index in [0.29, 0.717) is 43.4 Å². The van der Waals surface area contributed by atoms with Crippen LogP contribution in [0.15, 0.2) is 47.4 Å². The zero-order valence-corrected chi connectivity index (χ0v) is 20.7. The summed E-state index contributed by atoms with van der Waals surface area (Å²) in [7, 11) is -1.88. The monoisotopic (exact) mass is 482 g/mol. The topological polar surface area (TPSA) is 66.9 Å². The summed E-state index contributed by atoms with van der Waals surface area (Å²) in [5.74, 6) is 0.860. The van der Waals surface area contributed by atoms with Crippen molar-refractivity contribution in [2.75, 3.05) is 20.2 Å². The predicted octanol–water partition coefficient (Wildman–Crippen LogP) is 4.17. The van der Waals surface area contributed by atoms with Crippen LogP contribution < -0.4 is 4.74 Å². The largest absolute Gasteiger partial charge is 0.497 e. The molecule has 7 heteroatoms. The number of aryl methyl sites for hydroxylation is 2. The average Bonchev–Trinajstić information content (AvgIpc) is 3.72. The molecule has 0 aromatic heterocycles. The number of rotatable bonds is 7. The zero-order valence-electron chi connectivity index (χ0n) is 19.9. The van der Waals surface area contributed by atoms with Crippen LogP contribution in [0.1, 0.15) is 55.2 Å². The number of amides is 1. The van der Waals surface area contributed by atoms with Gasteiger partial charge in [0, 0.05) is 31.6 Å². The SMILES string of the molecule is COc1ccc(CN(C(=O)C2CCN(S(=O)(=O)c3ccc4c(c3)CCCC4)CC2)C2CC2)cc1. The lowest BCUT2D eigenvalue weighted by Gasteiger charge is -2.34. The van der Waals surface area contributed by atoms with Gasteiger partial charge in [0.2, 0.25) is 15.9 Å². The fourth-order valence-electron chi connectivity index (χ4n) is 5.30. The van der Waals surface area contributed by atoms with Gasteiger partial charge in [-0.15, -0.1) is 0 Å². The Balaban J connectivity index is 1.23. The van der Waals surface area contributed by atoms with Crippen LogP contribution in [0, 0.1) is 5.92 Å². The number of ether oxygens (including phenoxy) is 1. The van der Waals surface area contributed by atoms with Crippen LogP contribution in [0.4, 0.5) is 0 Å². The second-order valence-corrected chi connectivity index (χ2v) is 11.8. The summed E-state index contributed by atoms with van der Waals surface area (Å²) >= 11 is 0. The minimum Gasteiger partial charge on any atom is -0.497 e. The first kappa shape index (κ1) is 23.4. The lowest BCUT2D eigenvalue weighted by Crippen LogP contribution is -2.44. The molecule has 2 aromatic rings. The van der Waals surface area contributed by atoms with Crippen LogP contribution in [-0.2, 0) is 34.2 Å². The molecule has 34 heavy (non-hydrogen) atoms. The molecule has 1 saturated carbocycles. The van der Waals surface area contributed by atoms with Gasteiger partial charge >= 0.3 is 0 Å². The van der Waals surface area contributed by atoms with Crippen LogP contribution in [0.2, 0.25) is 0 Å².